The van der Waals surface area contributed by atoms with E-state index in [2.05, 4.69) is 0 Å². The lowest BCUT2D eigenvalue weighted by Crippen LogP contribution is -2.08. The van der Waals surface area contributed by atoms with Gasteiger partial charge in [0.2, 0.25) is 0 Å². The Labute approximate surface area is 91.5 Å². The van der Waals surface area contributed by atoms with Gasteiger partial charge in [0.25, 0.3) is 0 Å². The Morgan fingerprint density at radius 1 is 1.00 bits per heavy atom. The first-order valence-corrected chi connectivity index (χ1v) is 4.98. The summed E-state index contributed by atoms with van der Waals surface area (Å²) in [5, 5.41) is 12.8. The lowest BCUT2D eigenvalue weighted by molar-refractivity contribution is 1.13. The smallest absolute Gasteiger partial charge is 0.187 e. The number of aromatic nitrogens is 1. The van der Waals surface area contributed by atoms with E-state index >= 15 is 0 Å². The molecule has 0 spiro atoms. The van der Waals surface area contributed by atoms with Gasteiger partial charge in [0.1, 0.15) is 0 Å². The predicted octanol–water partition coefficient (Wildman–Crippen LogP) is 2.45. The van der Waals surface area contributed by atoms with Crippen molar-refractivity contribution in [3.63, 3.8) is 0 Å². The number of nitrogens with zero attached hydrogens (tertiary/aromatic N) is 1. The van der Waals surface area contributed by atoms with Gasteiger partial charge in [-0.05, 0) is 29.7 Å². The number of fused-ring (bicyclic) bond motifs is 2. The van der Waals surface area contributed by atoms with E-state index in [1.54, 1.807) is 24.3 Å². The summed E-state index contributed by atoms with van der Waals surface area (Å²) in [5.41, 5.74) is 1.36. The molecule has 0 fully saturated rings. The van der Waals surface area contributed by atoms with Crippen molar-refractivity contribution in [3.8, 4) is 11.3 Å². The van der Waals surface area contributed by atoms with Gasteiger partial charge in [-0.2, -0.15) is 0 Å². The fourth-order valence-corrected chi connectivity index (χ4v) is 1.93. The summed E-state index contributed by atoms with van der Waals surface area (Å²) in [6.07, 6.45) is 0. The average Bonchev–Trinajstić information content (AvgIpc) is 2.31. The molecule has 0 unspecified atom stereocenters. The minimum Gasteiger partial charge on any atom is -0.805 e. The zero-order valence-electron chi connectivity index (χ0n) is 8.38. The van der Waals surface area contributed by atoms with Crippen LogP contribution in [-0.4, -0.2) is 4.73 Å². The molecule has 78 valence electrons. The highest BCUT2D eigenvalue weighted by Gasteiger charge is 2.08. The molecule has 0 atom stereocenters. The first-order valence-electron chi connectivity index (χ1n) is 4.98. The first kappa shape index (κ1) is 8.97. The molecule has 0 amide bonds. The maximum atomic E-state index is 12.0. The van der Waals surface area contributed by atoms with Crippen LogP contribution in [0.4, 0.5) is 0 Å². The second-order valence-electron chi connectivity index (χ2n) is 3.69. The molecule has 1 aromatic rings. The van der Waals surface area contributed by atoms with E-state index in [9.17, 15) is 10.0 Å². The van der Waals surface area contributed by atoms with Gasteiger partial charge in [-0.15, -0.1) is 0 Å². The van der Waals surface area contributed by atoms with E-state index < -0.39 is 0 Å². The zero-order valence-corrected chi connectivity index (χ0v) is 8.38. The van der Waals surface area contributed by atoms with Crippen molar-refractivity contribution in [3.05, 3.63) is 64.0 Å². The SMILES string of the molecule is O=c1cccc2n([O-])c3ccccc3cc1-2. The van der Waals surface area contributed by atoms with Gasteiger partial charge in [0.15, 0.2) is 5.43 Å². The lowest BCUT2D eigenvalue weighted by Gasteiger charge is -2.21. The average molecular weight is 210 g/mol. The molecule has 1 aliphatic carbocycles. The van der Waals surface area contributed by atoms with Crippen LogP contribution >= 0.6 is 0 Å². The number of hydrogen-bond donors (Lipinski definition) is 0. The van der Waals surface area contributed by atoms with Gasteiger partial charge in [0.05, 0.1) is 0 Å². The third-order valence-electron chi connectivity index (χ3n) is 2.72. The maximum Gasteiger partial charge on any atom is 0.187 e. The standard InChI is InChI=1S/C13H8NO2/c15-13-7-3-6-12-10(13)8-9-4-1-2-5-11(9)14(12)16/h1-8H/q-1. The molecule has 0 saturated heterocycles. The number of pyridine rings is 1. The Hall–Kier alpha value is -2.29. The maximum absolute atomic E-state index is 12.0. The topological polar surface area (TPSA) is 45.1 Å². The molecule has 1 heterocycles. The molecule has 1 aliphatic heterocycles. The van der Waals surface area contributed by atoms with Crippen molar-refractivity contribution >= 4 is 10.9 Å². The molecule has 0 aromatic heterocycles. The molecular weight excluding hydrogens is 202 g/mol. The fraction of sp³-hybridized carbons (Fsp3) is 0. The summed E-state index contributed by atoms with van der Waals surface area (Å²) in [6.45, 7) is 0. The Morgan fingerprint density at radius 2 is 1.81 bits per heavy atom. The summed E-state index contributed by atoms with van der Waals surface area (Å²) in [5.74, 6) is 0. The Kier molecular flexibility index (Phi) is 1.74. The largest absolute Gasteiger partial charge is 0.805 e. The first-order chi connectivity index (χ1) is 7.77. The molecule has 16 heavy (non-hydrogen) atoms. The number of para-hydroxylation sites is 1. The molecule has 2 aliphatic rings. The van der Waals surface area contributed by atoms with Crippen molar-refractivity contribution in [2.45, 2.75) is 0 Å². The third kappa shape index (κ3) is 1.11. The molecule has 1 aromatic carbocycles. The summed E-state index contributed by atoms with van der Waals surface area (Å²) in [6, 6.07) is 13.7. The van der Waals surface area contributed by atoms with Crippen molar-refractivity contribution in [2.75, 3.05) is 0 Å². The molecule has 3 heteroatoms. The molecule has 0 N–H and O–H groups in total. The molecule has 0 bridgehead atoms. The van der Waals surface area contributed by atoms with Crippen LogP contribution < -0.4 is 5.43 Å². The third-order valence-corrected chi connectivity index (χ3v) is 2.72. The van der Waals surface area contributed by atoms with E-state index in [0.29, 0.717) is 16.8 Å². The number of rotatable bonds is 0. The van der Waals surface area contributed by atoms with Crippen molar-refractivity contribution in [1.29, 1.82) is 0 Å². The van der Waals surface area contributed by atoms with E-state index in [-0.39, 0.29) is 5.43 Å². The normalized spacial score (nSPS) is 11.0. The summed E-state index contributed by atoms with van der Waals surface area (Å²) < 4.78 is 0.812. The van der Waals surface area contributed by atoms with Crippen molar-refractivity contribution < 1.29 is 0 Å². The fourth-order valence-electron chi connectivity index (χ4n) is 1.93. The van der Waals surface area contributed by atoms with E-state index in [4.69, 9.17) is 0 Å². The quantitative estimate of drug-likeness (QED) is 0.535. The van der Waals surface area contributed by atoms with Crippen LogP contribution in [0, 0.1) is 5.21 Å². The highest BCUT2D eigenvalue weighted by molar-refractivity contribution is 5.86. The predicted molar refractivity (Wildman–Crippen MR) is 63.6 cm³/mol. The second kappa shape index (κ2) is 3.10. The highest BCUT2D eigenvalue weighted by atomic mass is 16.5. The molecule has 3 nitrogen and oxygen atoms in total. The number of hydrogen-bond acceptors (Lipinski definition) is 2. The summed E-state index contributed by atoms with van der Waals surface area (Å²) in [4.78, 5) is 11.6. The van der Waals surface area contributed by atoms with Crippen LogP contribution in [0.3, 0.4) is 0 Å². The second-order valence-corrected chi connectivity index (χ2v) is 3.69. The Bertz CT molecular complexity index is 700. The summed E-state index contributed by atoms with van der Waals surface area (Å²) in [7, 11) is 0. The minimum absolute atomic E-state index is 0.118. The van der Waals surface area contributed by atoms with Gasteiger partial charge in [-0.25, -0.2) is 0 Å². The highest BCUT2D eigenvalue weighted by Crippen LogP contribution is 2.24. The Balaban J connectivity index is 2.61. The molecular formula is C13H8NO2-. The van der Waals surface area contributed by atoms with Crippen LogP contribution in [-0.2, 0) is 0 Å². The zero-order chi connectivity index (χ0) is 11.1. The van der Waals surface area contributed by atoms with Gasteiger partial charge >= 0.3 is 0 Å². The lowest BCUT2D eigenvalue weighted by atomic mass is 10.1. The van der Waals surface area contributed by atoms with Gasteiger partial charge < -0.3 is 9.94 Å². The van der Waals surface area contributed by atoms with Crippen LogP contribution in [0.5, 0.6) is 0 Å². The monoisotopic (exact) mass is 210 g/mol. The van der Waals surface area contributed by atoms with E-state index in [0.717, 1.165) is 10.1 Å². The Morgan fingerprint density at radius 3 is 2.69 bits per heavy atom. The van der Waals surface area contributed by atoms with Gasteiger partial charge in [-0.3, -0.25) is 4.79 Å². The molecule has 3 rings (SSSR count). The van der Waals surface area contributed by atoms with Crippen molar-refractivity contribution in [2.24, 2.45) is 0 Å². The van der Waals surface area contributed by atoms with Gasteiger partial charge in [0, 0.05) is 16.8 Å². The molecule has 0 saturated carbocycles. The van der Waals surface area contributed by atoms with Crippen LogP contribution in [0.15, 0.2) is 53.3 Å². The minimum atomic E-state index is -0.118. The van der Waals surface area contributed by atoms with Crippen LogP contribution in [0.2, 0.25) is 0 Å². The summed E-state index contributed by atoms with van der Waals surface area (Å²) >= 11 is 0. The van der Waals surface area contributed by atoms with E-state index in [1.807, 2.05) is 18.2 Å². The molecule has 0 radical (unpaired) electrons. The van der Waals surface area contributed by atoms with Crippen molar-refractivity contribution in [1.82, 2.24) is 4.73 Å². The number of benzene rings is 2. The van der Waals surface area contributed by atoms with Crippen LogP contribution in [0.1, 0.15) is 0 Å². The van der Waals surface area contributed by atoms with Crippen LogP contribution in [0.25, 0.3) is 22.2 Å². The van der Waals surface area contributed by atoms with Gasteiger partial charge in [-0.1, -0.05) is 24.3 Å². The van der Waals surface area contributed by atoms with E-state index in [1.165, 1.54) is 6.07 Å².